The maximum Gasteiger partial charge on any atom is 0.335 e. The van der Waals surface area contributed by atoms with Gasteiger partial charge in [-0.25, -0.2) is 4.79 Å². The van der Waals surface area contributed by atoms with Gasteiger partial charge in [-0.2, -0.15) is 0 Å². The molecule has 0 saturated carbocycles. The van der Waals surface area contributed by atoms with Crippen molar-refractivity contribution in [1.82, 2.24) is 9.88 Å². The van der Waals surface area contributed by atoms with Crippen LogP contribution in [0.15, 0.2) is 18.3 Å². The highest BCUT2D eigenvalue weighted by atomic mass is 16.4. The Bertz CT molecular complexity index is 479. The molecule has 1 aromatic rings. The minimum Gasteiger partial charge on any atom is -0.478 e. The van der Waals surface area contributed by atoms with Crippen LogP contribution >= 0.6 is 0 Å². The zero-order valence-electron chi connectivity index (χ0n) is 13.5. The van der Waals surface area contributed by atoms with Crippen LogP contribution in [-0.2, 0) is 0 Å². The molecule has 122 valence electrons. The van der Waals surface area contributed by atoms with Gasteiger partial charge in [0.15, 0.2) is 0 Å². The maximum absolute atomic E-state index is 12.6. The number of pyridine rings is 1. The van der Waals surface area contributed by atoms with Crippen LogP contribution in [0.2, 0.25) is 0 Å². The van der Waals surface area contributed by atoms with E-state index < -0.39 is 5.97 Å². The van der Waals surface area contributed by atoms with Crippen molar-refractivity contribution in [3.8, 4) is 0 Å². The van der Waals surface area contributed by atoms with Gasteiger partial charge in [0.25, 0.3) is 5.91 Å². The zero-order chi connectivity index (χ0) is 16.4. The largest absolute Gasteiger partial charge is 0.478 e. The van der Waals surface area contributed by atoms with E-state index in [1.54, 1.807) is 4.90 Å². The molecule has 0 aliphatic heterocycles. The van der Waals surface area contributed by atoms with E-state index >= 15 is 0 Å². The van der Waals surface area contributed by atoms with E-state index in [1.807, 2.05) is 0 Å². The third-order valence-corrected chi connectivity index (χ3v) is 3.58. The fourth-order valence-electron chi connectivity index (χ4n) is 2.26. The monoisotopic (exact) mass is 306 g/mol. The molecule has 0 radical (unpaired) electrons. The van der Waals surface area contributed by atoms with Gasteiger partial charge in [-0.05, 0) is 25.0 Å². The number of amides is 1. The Balaban J connectivity index is 2.79. The Morgan fingerprint density at radius 2 is 1.68 bits per heavy atom. The second-order valence-corrected chi connectivity index (χ2v) is 5.44. The summed E-state index contributed by atoms with van der Waals surface area (Å²) in [6.07, 6.45) is 7.68. The summed E-state index contributed by atoms with van der Waals surface area (Å²) < 4.78 is 0. The molecule has 1 amide bonds. The number of aromatic nitrogens is 1. The lowest BCUT2D eigenvalue weighted by molar-refractivity contribution is 0.0696. The molecule has 0 saturated heterocycles. The molecular formula is C17H26N2O3. The van der Waals surface area contributed by atoms with Crippen molar-refractivity contribution in [3.05, 3.63) is 29.6 Å². The first kappa shape index (κ1) is 18.1. The lowest BCUT2D eigenvalue weighted by atomic mass is 10.1. The molecule has 0 aliphatic rings. The molecule has 0 atom stereocenters. The molecule has 1 aromatic heterocycles. The number of hydrogen-bond acceptors (Lipinski definition) is 3. The van der Waals surface area contributed by atoms with E-state index in [4.69, 9.17) is 5.11 Å². The lowest BCUT2D eigenvalue weighted by Gasteiger charge is -2.22. The number of carboxylic acids is 1. The molecule has 1 rings (SSSR count). The SMILES string of the molecule is CCCCCN(CCCCC)C(=O)c1cc(C(=O)O)ccn1. The van der Waals surface area contributed by atoms with E-state index in [0.717, 1.165) is 38.5 Å². The van der Waals surface area contributed by atoms with Crippen LogP contribution in [0.25, 0.3) is 0 Å². The Morgan fingerprint density at radius 1 is 1.09 bits per heavy atom. The number of carbonyl (C=O) groups is 2. The number of carbonyl (C=O) groups excluding carboxylic acids is 1. The molecule has 1 N–H and O–H groups in total. The van der Waals surface area contributed by atoms with E-state index in [9.17, 15) is 9.59 Å². The molecule has 5 nitrogen and oxygen atoms in total. The minimum atomic E-state index is -1.04. The fourth-order valence-corrected chi connectivity index (χ4v) is 2.26. The second kappa shape index (κ2) is 9.92. The highest BCUT2D eigenvalue weighted by Crippen LogP contribution is 2.09. The van der Waals surface area contributed by atoms with E-state index in [0.29, 0.717) is 13.1 Å². The van der Waals surface area contributed by atoms with E-state index in [-0.39, 0.29) is 17.2 Å². The van der Waals surface area contributed by atoms with Crippen molar-refractivity contribution in [3.63, 3.8) is 0 Å². The molecule has 5 heteroatoms. The zero-order valence-corrected chi connectivity index (χ0v) is 13.5. The molecule has 0 aromatic carbocycles. The number of nitrogens with zero attached hydrogens (tertiary/aromatic N) is 2. The third-order valence-electron chi connectivity index (χ3n) is 3.58. The van der Waals surface area contributed by atoms with Gasteiger partial charge < -0.3 is 10.0 Å². The van der Waals surface area contributed by atoms with Crippen LogP contribution in [0, 0.1) is 0 Å². The van der Waals surface area contributed by atoms with Crippen molar-refractivity contribution < 1.29 is 14.7 Å². The number of unbranched alkanes of at least 4 members (excludes halogenated alkanes) is 4. The fraction of sp³-hybridized carbons (Fsp3) is 0.588. The average Bonchev–Trinajstić information content (AvgIpc) is 2.53. The molecule has 1 heterocycles. The molecule has 0 unspecified atom stereocenters. The van der Waals surface area contributed by atoms with Crippen molar-refractivity contribution in [2.45, 2.75) is 52.4 Å². The van der Waals surface area contributed by atoms with Gasteiger partial charge in [0.2, 0.25) is 0 Å². The van der Waals surface area contributed by atoms with Crippen molar-refractivity contribution in [2.24, 2.45) is 0 Å². The summed E-state index contributed by atoms with van der Waals surface area (Å²) in [5, 5.41) is 9.02. The van der Waals surface area contributed by atoms with Gasteiger partial charge in [-0.3, -0.25) is 9.78 Å². The number of hydrogen-bond donors (Lipinski definition) is 1. The van der Waals surface area contributed by atoms with Crippen LogP contribution in [0.1, 0.15) is 73.2 Å². The number of aromatic carboxylic acids is 1. The molecule has 0 spiro atoms. The Hall–Kier alpha value is -1.91. The minimum absolute atomic E-state index is 0.0976. The maximum atomic E-state index is 12.6. The Kier molecular flexibility index (Phi) is 8.18. The quantitative estimate of drug-likeness (QED) is 0.670. The van der Waals surface area contributed by atoms with E-state index in [2.05, 4.69) is 18.8 Å². The molecule has 0 bridgehead atoms. The van der Waals surface area contributed by atoms with Gasteiger partial charge >= 0.3 is 5.97 Å². The summed E-state index contributed by atoms with van der Waals surface area (Å²) >= 11 is 0. The lowest BCUT2D eigenvalue weighted by Crippen LogP contribution is -2.33. The van der Waals surface area contributed by atoms with Gasteiger partial charge in [0.1, 0.15) is 5.69 Å². The van der Waals surface area contributed by atoms with Gasteiger partial charge in [0, 0.05) is 19.3 Å². The summed E-state index contributed by atoms with van der Waals surface area (Å²) in [7, 11) is 0. The molecular weight excluding hydrogens is 280 g/mol. The predicted molar refractivity (Wildman–Crippen MR) is 86.1 cm³/mol. The predicted octanol–water partition coefficient (Wildman–Crippen LogP) is 3.60. The summed E-state index contributed by atoms with van der Waals surface area (Å²) in [5.41, 5.74) is 0.313. The first-order valence-corrected chi connectivity index (χ1v) is 8.08. The highest BCUT2D eigenvalue weighted by Gasteiger charge is 2.17. The summed E-state index contributed by atoms with van der Waals surface area (Å²) in [5.74, 6) is -1.21. The van der Waals surface area contributed by atoms with Crippen LogP contribution in [0.5, 0.6) is 0 Å². The van der Waals surface area contributed by atoms with Crippen molar-refractivity contribution >= 4 is 11.9 Å². The van der Waals surface area contributed by atoms with Crippen molar-refractivity contribution in [2.75, 3.05) is 13.1 Å². The normalized spacial score (nSPS) is 10.5. The average molecular weight is 306 g/mol. The van der Waals surface area contributed by atoms with Gasteiger partial charge in [-0.15, -0.1) is 0 Å². The van der Waals surface area contributed by atoms with Crippen molar-refractivity contribution in [1.29, 1.82) is 0 Å². The smallest absolute Gasteiger partial charge is 0.335 e. The van der Waals surface area contributed by atoms with Crippen LogP contribution in [0.3, 0.4) is 0 Å². The van der Waals surface area contributed by atoms with Crippen LogP contribution in [-0.4, -0.2) is 40.0 Å². The first-order valence-electron chi connectivity index (χ1n) is 8.08. The number of rotatable bonds is 10. The Labute approximate surface area is 132 Å². The Morgan fingerprint density at radius 3 is 2.18 bits per heavy atom. The third kappa shape index (κ3) is 5.84. The topological polar surface area (TPSA) is 70.5 Å². The number of carboxylic acid groups (broad SMARTS) is 1. The van der Waals surface area contributed by atoms with Crippen LogP contribution < -0.4 is 0 Å². The van der Waals surface area contributed by atoms with Crippen LogP contribution in [0.4, 0.5) is 0 Å². The van der Waals surface area contributed by atoms with Gasteiger partial charge in [0.05, 0.1) is 5.56 Å². The molecule has 0 fully saturated rings. The standard InChI is InChI=1S/C17H26N2O3/c1-3-5-7-11-19(12-8-6-4-2)16(20)15-13-14(17(21)22)9-10-18-15/h9-10,13H,3-8,11-12H2,1-2H3,(H,21,22). The molecule has 22 heavy (non-hydrogen) atoms. The van der Waals surface area contributed by atoms with E-state index in [1.165, 1.54) is 18.3 Å². The van der Waals surface area contributed by atoms with Gasteiger partial charge in [-0.1, -0.05) is 39.5 Å². The summed E-state index contributed by atoms with van der Waals surface area (Å²) in [6, 6.07) is 2.76. The molecule has 0 aliphatic carbocycles. The first-order chi connectivity index (χ1) is 10.6. The second-order valence-electron chi connectivity index (χ2n) is 5.44. The highest BCUT2D eigenvalue weighted by molar-refractivity contribution is 5.95. The summed E-state index contributed by atoms with van der Waals surface area (Å²) in [4.78, 5) is 29.4. The summed E-state index contributed by atoms with van der Waals surface area (Å²) in [6.45, 7) is 5.66.